The van der Waals surface area contributed by atoms with Gasteiger partial charge in [0.05, 0.1) is 16.7 Å². The van der Waals surface area contributed by atoms with Crippen LogP contribution in [-0.4, -0.2) is 26.3 Å². The summed E-state index contributed by atoms with van der Waals surface area (Å²) in [6.07, 6.45) is 2.41. The molecule has 178 valence electrons. The molecular weight excluding hydrogens is 485 g/mol. The van der Waals surface area contributed by atoms with Crippen molar-refractivity contribution in [1.82, 2.24) is 4.98 Å². The molecule has 0 fully saturated rings. The summed E-state index contributed by atoms with van der Waals surface area (Å²) in [5.74, 6) is 1.23. The normalized spacial score (nSPS) is 13.1. The molecule has 0 bridgehead atoms. The minimum absolute atomic E-state index is 0.118. The molecule has 0 aliphatic carbocycles. The average Bonchev–Trinajstić information content (AvgIpc) is 3.24. The zero-order valence-corrected chi connectivity index (χ0v) is 21.5. The predicted molar refractivity (Wildman–Crippen MR) is 129 cm³/mol. The van der Waals surface area contributed by atoms with Gasteiger partial charge in [-0.15, -0.1) is 0 Å². The van der Waals surface area contributed by atoms with Gasteiger partial charge in [0.25, 0.3) is 0 Å². The van der Waals surface area contributed by atoms with E-state index in [9.17, 15) is 8.42 Å². The van der Waals surface area contributed by atoms with E-state index in [1.807, 2.05) is 43.3 Å². The van der Waals surface area contributed by atoms with Crippen molar-refractivity contribution in [2.75, 3.05) is 12.9 Å². The van der Waals surface area contributed by atoms with Crippen LogP contribution in [0.15, 0.2) is 52.2 Å². The average molecular weight is 512 g/mol. The Morgan fingerprint density at radius 1 is 1.09 bits per heavy atom. The molecule has 1 heterocycles. The molecule has 1 atom stereocenters. The van der Waals surface area contributed by atoms with E-state index in [1.165, 1.54) is 0 Å². The minimum atomic E-state index is -3.52. The molecule has 0 unspecified atom stereocenters. The number of rotatable bonds is 9. The van der Waals surface area contributed by atoms with Gasteiger partial charge in [-0.1, -0.05) is 56.1 Å². The summed E-state index contributed by atoms with van der Waals surface area (Å²) >= 11 is 12.9. The second-order valence-corrected chi connectivity index (χ2v) is 11.1. The third kappa shape index (κ3) is 5.65. The molecule has 2 aromatic carbocycles. The van der Waals surface area contributed by atoms with Gasteiger partial charge < -0.3 is 13.9 Å². The molecule has 0 saturated carbocycles. The lowest BCUT2D eigenvalue weighted by atomic mass is 9.78. The van der Waals surface area contributed by atoms with Crippen LogP contribution in [0.2, 0.25) is 10.0 Å². The Hall–Kier alpha value is -2.22. The van der Waals surface area contributed by atoms with E-state index in [1.54, 1.807) is 6.92 Å². The molecule has 3 aromatic rings. The summed E-state index contributed by atoms with van der Waals surface area (Å²) in [4.78, 5) is 3.80. The molecule has 3 rings (SSSR count). The first-order valence-electron chi connectivity index (χ1n) is 10.5. The maximum absolute atomic E-state index is 11.9. The van der Waals surface area contributed by atoms with Gasteiger partial charge in [0.15, 0.2) is 38.9 Å². The Kier molecular flexibility index (Phi) is 7.66. The third-order valence-corrected chi connectivity index (χ3v) is 6.91. The summed E-state index contributed by atoms with van der Waals surface area (Å²) in [6.45, 7) is 8.42. The lowest BCUT2D eigenvalue weighted by Gasteiger charge is -2.27. The van der Waals surface area contributed by atoms with Gasteiger partial charge in [-0.25, -0.2) is 13.4 Å². The fraction of sp³-hybridized carbons (Fsp3) is 0.375. The Morgan fingerprint density at radius 3 is 2.24 bits per heavy atom. The Morgan fingerprint density at radius 2 is 1.70 bits per heavy atom. The van der Waals surface area contributed by atoms with Crippen LogP contribution in [0.4, 0.5) is 0 Å². The summed E-state index contributed by atoms with van der Waals surface area (Å²) in [5, 5.41) is 0.830. The van der Waals surface area contributed by atoms with Crippen LogP contribution in [-0.2, 0) is 15.3 Å². The van der Waals surface area contributed by atoms with Gasteiger partial charge >= 0.3 is 0 Å². The second-order valence-electron chi connectivity index (χ2n) is 8.32. The molecule has 0 aliphatic rings. The van der Waals surface area contributed by atoms with Gasteiger partial charge in [0.2, 0.25) is 0 Å². The van der Waals surface area contributed by atoms with Crippen LogP contribution < -0.4 is 9.47 Å². The van der Waals surface area contributed by atoms with Crippen LogP contribution in [0.25, 0.3) is 0 Å². The van der Waals surface area contributed by atoms with Crippen molar-refractivity contribution in [3.05, 3.63) is 69.7 Å². The summed E-state index contributed by atoms with van der Waals surface area (Å²) < 4.78 is 40.6. The Balaban J connectivity index is 1.81. The number of ether oxygens (including phenoxy) is 2. The zero-order valence-electron chi connectivity index (χ0n) is 19.2. The molecule has 6 nitrogen and oxygen atoms in total. The quantitative estimate of drug-likeness (QED) is 0.320. The van der Waals surface area contributed by atoms with Gasteiger partial charge in [-0.3, -0.25) is 0 Å². The van der Waals surface area contributed by atoms with E-state index >= 15 is 0 Å². The van der Waals surface area contributed by atoms with Crippen molar-refractivity contribution in [2.45, 2.75) is 50.7 Å². The maximum Gasteiger partial charge on any atom is 0.200 e. The van der Waals surface area contributed by atoms with E-state index in [0.717, 1.165) is 30.2 Å². The standard InChI is InChI=1S/C24H27Cl2NO5S/c1-6-11-30-22-19(25)12-17(13-20(22)26)24(3,4)16-7-9-18(10-8-16)32-15(2)21-23(27-14-31-21)33(5,28)29/h7-10,12-15H,6,11H2,1-5H3/t15-/m1/s1. The highest BCUT2D eigenvalue weighted by Crippen LogP contribution is 2.41. The minimum Gasteiger partial charge on any atom is -0.490 e. The number of halogens is 2. The fourth-order valence-electron chi connectivity index (χ4n) is 3.43. The van der Waals surface area contributed by atoms with Crippen LogP contribution in [0.5, 0.6) is 11.5 Å². The molecule has 0 radical (unpaired) electrons. The molecular formula is C24H27Cl2NO5S. The third-order valence-electron chi connectivity index (χ3n) is 5.34. The summed E-state index contributed by atoms with van der Waals surface area (Å²) in [6, 6.07) is 11.3. The fourth-order valence-corrected chi connectivity index (χ4v) is 4.84. The number of benzene rings is 2. The van der Waals surface area contributed by atoms with E-state index < -0.39 is 21.4 Å². The van der Waals surface area contributed by atoms with Gasteiger partial charge in [-0.05, 0) is 48.7 Å². The van der Waals surface area contributed by atoms with E-state index in [-0.39, 0.29) is 10.8 Å². The van der Waals surface area contributed by atoms with Crippen LogP contribution in [0, 0.1) is 0 Å². The molecule has 0 saturated heterocycles. The van der Waals surface area contributed by atoms with Crippen molar-refractivity contribution in [3.63, 3.8) is 0 Å². The van der Waals surface area contributed by atoms with Crippen LogP contribution in [0.1, 0.15) is 57.1 Å². The molecule has 0 amide bonds. The van der Waals surface area contributed by atoms with E-state index in [4.69, 9.17) is 37.1 Å². The van der Waals surface area contributed by atoms with Gasteiger partial charge in [0, 0.05) is 11.7 Å². The highest BCUT2D eigenvalue weighted by Gasteiger charge is 2.27. The second kappa shape index (κ2) is 9.95. The first-order chi connectivity index (χ1) is 15.4. The predicted octanol–water partition coefficient (Wildman–Crippen LogP) is 6.64. The molecule has 9 heteroatoms. The lowest BCUT2D eigenvalue weighted by Crippen LogP contribution is -2.19. The van der Waals surface area contributed by atoms with Crippen LogP contribution >= 0.6 is 23.2 Å². The Labute approximate surface area is 204 Å². The highest BCUT2D eigenvalue weighted by molar-refractivity contribution is 7.90. The first kappa shape index (κ1) is 25.4. The maximum atomic E-state index is 11.9. The number of aromatic nitrogens is 1. The topological polar surface area (TPSA) is 78.6 Å². The van der Waals surface area contributed by atoms with Crippen molar-refractivity contribution < 1.29 is 22.3 Å². The van der Waals surface area contributed by atoms with Crippen molar-refractivity contribution in [2.24, 2.45) is 0 Å². The number of hydrogen-bond donors (Lipinski definition) is 0. The zero-order chi connectivity index (χ0) is 24.4. The molecule has 0 aliphatic heterocycles. The van der Waals surface area contributed by atoms with Gasteiger partial charge in [-0.2, -0.15) is 0 Å². The molecule has 33 heavy (non-hydrogen) atoms. The Bertz CT molecular complexity index is 1200. The number of oxazole rings is 1. The summed E-state index contributed by atoms with van der Waals surface area (Å²) in [5.41, 5.74) is 1.57. The smallest absolute Gasteiger partial charge is 0.200 e. The lowest BCUT2D eigenvalue weighted by molar-refractivity contribution is 0.191. The SMILES string of the molecule is CCCOc1c(Cl)cc(C(C)(C)c2ccc(O[C@H](C)c3ocnc3S(C)(=O)=O)cc2)cc1Cl. The molecule has 0 N–H and O–H groups in total. The number of sulfone groups is 1. The monoisotopic (exact) mass is 511 g/mol. The van der Waals surface area contributed by atoms with Crippen LogP contribution in [0.3, 0.4) is 0 Å². The highest BCUT2D eigenvalue weighted by atomic mass is 35.5. The van der Waals surface area contributed by atoms with Crippen molar-refractivity contribution in [3.8, 4) is 11.5 Å². The largest absolute Gasteiger partial charge is 0.490 e. The van der Waals surface area contributed by atoms with Crippen molar-refractivity contribution >= 4 is 33.0 Å². The van der Waals surface area contributed by atoms with E-state index in [2.05, 4.69) is 18.8 Å². The molecule has 1 aromatic heterocycles. The van der Waals surface area contributed by atoms with Crippen molar-refractivity contribution in [1.29, 1.82) is 0 Å². The number of hydrogen-bond acceptors (Lipinski definition) is 6. The number of nitrogens with zero attached hydrogens (tertiary/aromatic N) is 1. The van der Waals surface area contributed by atoms with Gasteiger partial charge in [0.1, 0.15) is 5.75 Å². The molecule has 0 spiro atoms. The first-order valence-corrected chi connectivity index (χ1v) is 13.1. The summed E-state index contributed by atoms with van der Waals surface area (Å²) in [7, 11) is -3.52. The van der Waals surface area contributed by atoms with E-state index in [0.29, 0.717) is 28.2 Å².